The van der Waals surface area contributed by atoms with Gasteiger partial charge >= 0.3 is 5.97 Å². The first-order valence-corrected chi connectivity index (χ1v) is 6.72. The van der Waals surface area contributed by atoms with E-state index in [2.05, 4.69) is 4.98 Å². The summed E-state index contributed by atoms with van der Waals surface area (Å²) in [4.78, 5) is 26.7. The van der Waals surface area contributed by atoms with Crippen molar-refractivity contribution in [3.8, 4) is 16.3 Å². The van der Waals surface area contributed by atoms with E-state index in [1.807, 2.05) is 0 Å². The van der Waals surface area contributed by atoms with Crippen LogP contribution in [-0.2, 0) is 0 Å². The molecule has 1 aromatic carbocycles. The molecular weight excluding hydrogens is 302 g/mol. The molecule has 1 N–H and O–H groups in total. The summed E-state index contributed by atoms with van der Waals surface area (Å²) in [5.74, 6) is -1.09. The van der Waals surface area contributed by atoms with Crippen molar-refractivity contribution in [2.45, 2.75) is 6.92 Å². The van der Waals surface area contributed by atoms with E-state index in [9.17, 15) is 9.59 Å². The molecule has 0 fully saturated rings. The summed E-state index contributed by atoms with van der Waals surface area (Å²) in [5.41, 5.74) is 0.353. The van der Waals surface area contributed by atoms with Crippen LogP contribution in [0.15, 0.2) is 18.2 Å². The van der Waals surface area contributed by atoms with Crippen LogP contribution < -0.4 is 4.74 Å². The summed E-state index contributed by atoms with van der Waals surface area (Å²) in [6, 6.07) is 4.93. The van der Waals surface area contributed by atoms with Crippen molar-refractivity contribution >= 4 is 34.7 Å². The molecule has 1 heterocycles. The number of thiazole rings is 1. The lowest BCUT2D eigenvalue weighted by Gasteiger charge is -2.05. The summed E-state index contributed by atoms with van der Waals surface area (Å²) in [6.45, 7) is 1.31. The quantitative estimate of drug-likeness (QED) is 0.876. The molecule has 0 spiro atoms. The second-order valence-electron chi connectivity index (χ2n) is 3.90. The molecule has 0 atom stereocenters. The molecule has 7 heteroatoms. The molecule has 104 valence electrons. The summed E-state index contributed by atoms with van der Waals surface area (Å²) in [6.07, 6.45) is 0. The van der Waals surface area contributed by atoms with E-state index in [1.165, 1.54) is 14.0 Å². The van der Waals surface area contributed by atoms with Crippen LogP contribution in [0, 0.1) is 0 Å². The van der Waals surface area contributed by atoms with Gasteiger partial charge in [0.05, 0.1) is 12.7 Å². The third-order valence-corrected chi connectivity index (χ3v) is 3.97. The fourth-order valence-electron chi connectivity index (χ4n) is 1.66. The number of methoxy groups -OCH3 is 1. The van der Waals surface area contributed by atoms with Gasteiger partial charge < -0.3 is 9.84 Å². The third-order valence-electron chi connectivity index (χ3n) is 2.54. The number of ether oxygens (including phenoxy) is 1. The zero-order valence-corrected chi connectivity index (χ0v) is 12.2. The van der Waals surface area contributed by atoms with E-state index in [4.69, 9.17) is 21.4 Å². The van der Waals surface area contributed by atoms with Crippen LogP contribution >= 0.6 is 22.9 Å². The molecule has 2 rings (SSSR count). The predicted octanol–water partition coefficient (Wildman–Crippen LogP) is 3.37. The van der Waals surface area contributed by atoms with Crippen LogP contribution in [0.2, 0.25) is 5.02 Å². The number of hydrogen-bond donors (Lipinski definition) is 1. The van der Waals surface area contributed by atoms with Crippen LogP contribution in [0.1, 0.15) is 27.1 Å². The SMILES string of the molecule is COc1cc(Cl)ccc1-c1nc(C(=O)O)c(C(C)=O)s1. The van der Waals surface area contributed by atoms with Crippen LogP contribution in [0.3, 0.4) is 0 Å². The molecule has 0 aliphatic carbocycles. The van der Waals surface area contributed by atoms with Crippen molar-refractivity contribution in [2.75, 3.05) is 7.11 Å². The number of carboxylic acid groups (broad SMARTS) is 1. The number of ketones is 1. The van der Waals surface area contributed by atoms with Crippen LogP contribution in [-0.4, -0.2) is 29.0 Å². The normalized spacial score (nSPS) is 10.3. The minimum absolute atomic E-state index is 0.115. The van der Waals surface area contributed by atoms with Crippen molar-refractivity contribution in [1.82, 2.24) is 4.98 Å². The van der Waals surface area contributed by atoms with E-state index >= 15 is 0 Å². The molecule has 0 aliphatic heterocycles. The molecule has 2 aromatic rings. The fraction of sp³-hybridized carbons (Fsp3) is 0.154. The first-order valence-electron chi connectivity index (χ1n) is 5.53. The molecule has 0 amide bonds. The molecule has 0 saturated heterocycles. The number of nitrogens with zero attached hydrogens (tertiary/aromatic N) is 1. The van der Waals surface area contributed by atoms with Gasteiger partial charge in [-0.1, -0.05) is 11.6 Å². The summed E-state index contributed by atoms with van der Waals surface area (Å²) < 4.78 is 5.20. The highest BCUT2D eigenvalue weighted by atomic mass is 35.5. The smallest absolute Gasteiger partial charge is 0.356 e. The van der Waals surface area contributed by atoms with Crippen molar-refractivity contribution < 1.29 is 19.4 Å². The molecule has 5 nitrogen and oxygen atoms in total. The van der Waals surface area contributed by atoms with E-state index in [0.717, 1.165) is 11.3 Å². The first-order chi connectivity index (χ1) is 9.43. The van der Waals surface area contributed by atoms with Gasteiger partial charge in [0.1, 0.15) is 15.6 Å². The van der Waals surface area contributed by atoms with E-state index in [-0.39, 0.29) is 16.4 Å². The Morgan fingerprint density at radius 2 is 2.10 bits per heavy atom. The van der Waals surface area contributed by atoms with Crippen molar-refractivity contribution in [2.24, 2.45) is 0 Å². The number of carboxylic acids is 1. The lowest BCUT2D eigenvalue weighted by molar-refractivity contribution is 0.0687. The minimum atomic E-state index is -1.23. The third kappa shape index (κ3) is 2.66. The second-order valence-corrected chi connectivity index (χ2v) is 5.34. The Bertz CT molecular complexity index is 664. The van der Waals surface area contributed by atoms with Gasteiger partial charge in [-0.05, 0) is 18.2 Å². The molecule has 0 unspecified atom stereocenters. The minimum Gasteiger partial charge on any atom is -0.496 e. The number of benzene rings is 1. The van der Waals surface area contributed by atoms with Crippen LogP contribution in [0.4, 0.5) is 0 Å². The largest absolute Gasteiger partial charge is 0.496 e. The second kappa shape index (κ2) is 5.60. The standard InChI is InChI=1S/C13H10ClNO4S/c1-6(16)11-10(13(17)18)15-12(20-11)8-4-3-7(14)5-9(8)19-2/h3-5H,1-2H3,(H,17,18). The topological polar surface area (TPSA) is 76.5 Å². The zero-order valence-electron chi connectivity index (χ0n) is 10.6. The molecule has 0 bridgehead atoms. The Balaban J connectivity index is 2.62. The Labute approximate surface area is 123 Å². The molecule has 0 radical (unpaired) electrons. The first kappa shape index (κ1) is 14.5. The highest BCUT2D eigenvalue weighted by Gasteiger charge is 2.22. The maximum atomic E-state index is 11.5. The lowest BCUT2D eigenvalue weighted by Crippen LogP contribution is -2.03. The van der Waals surface area contributed by atoms with E-state index in [0.29, 0.717) is 21.3 Å². The molecular formula is C13H10ClNO4S. The van der Waals surface area contributed by atoms with Crippen molar-refractivity contribution in [1.29, 1.82) is 0 Å². The number of hydrogen-bond acceptors (Lipinski definition) is 5. The van der Waals surface area contributed by atoms with Gasteiger partial charge in [-0.15, -0.1) is 11.3 Å². The van der Waals surface area contributed by atoms with Gasteiger partial charge in [0.15, 0.2) is 11.5 Å². The number of carbonyl (C=O) groups is 2. The average molecular weight is 312 g/mol. The Morgan fingerprint density at radius 1 is 1.40 bits per heavy atom. The average Bonchev–Trinajstić information content (AvgIpc) is 2.83. The summed E-state index contributed by atoms with van der Waals surface area (Å²) in [7, 11) is 1.48. The number of carbonyl (C=O) groups excluding carboxylic acids is 1. The Kier molecular flexibility index (Phi) is 4.06. The van der Waals surface area contributed by atoms with Gasteiger partial charge in [-0.25, -0.2) is 9.78 Å². The fourth-order valence-corrected chi connectivity index (χ4v) is 2.80. The Morgan fingerprint density at radius 3 is 2.60 bits per heavy atom. The van der Waals surface area contributed by atoms with Gasteiger partial charge in [0.25, 0.3) is 0 Å². The number of halogens is 1. The number of aromatic carboxylic acids is 1. The van der Waals surface area contributed by atoms with Crippen LogP contribution in [0.25, 0.3) is 10.6 Å². The summed E-state index contributed by atoms with van der Waals surface area (Å²) >= 11 is 6.90. The molecule has 0 saturated carbocycles. The molecule has 1 aromatic heterocycles. The highest BCUT2D eigenvalue weighted by molar-refractivity contribution is 7.17. The maximum absolute atomic E-state index is 11.5. The number of Topliss-reactive ketones (excluding diaryl/α,β-unsaturated/α-hetero) is 1. The van der Waals surface area contributed by atoms with Gasteiger partial charge in [-0.3, -0.25) is 4.79 Å². The number of rotatable bonds is 4. The predicted molar refractivity (Wildman–Crippen MR) is 76.1 cm³/mol. The van der Waals surface area contributed by atoms with Gasteiger partial charge in [-0.2, -0.15) is 0 Å². The maximum Gasteiger partial charge on any atom is 0.356 e. The molecule has 20 heavy (non-hydrogen) atoms. The van der Waals surface area contributed by atoms with Gasteiger partial charge in [0.2, 0.25) is 0 Å². The van der Waals surface area contributed by atoms with Crippen molar-refractivity contribution in [3.63, 3.8) is 0 Å². The van der Waals surface area contributed by atoms with Gasteiger partial charge in [0, 0.05) is 11.9 Å². The van der Waals surface area contributed by atoms with Crippen molar-refractivity contribution in [3.05, 3.63) is 33.8 Å². The molecule has 0 aliphatic rings. The monoisotopic (exact) mass is 311 g/mol. The summed E-state index contributed by atoms with van der Waals surface area (Å²) in [5, 5.41) is 9.98. The van der Waals surface area contributed by atoms with E-state index < -0.39 is 5.97 Å². The zero-order chi connectivity index (χ0) is 14.9. The number of aromatic nitrogens is 1. The lowest BCUT2D eigenvalue weighted by atomic mass is 10.2. The van der Waals surface area contributed by atoms with Crippen LogP contribution in [0.5, 0.6) is 5.75 Å². The van der Waals surface area contributed by atoms with E-state index in [1.54, 1.807) is 18.2 Å². The highest BCUT2D eigenvalue weighted by Crippen LogP contribution is 2.36. The Hall–Kier alpha value is -1.92.